The van der Waals surface area contributed by atoms with Crippen LogP contribution in [0.1, 0.15) is 29.0 Å². The van der Waals surface area contributed by atoms with Gasteiger partial charge in [0, 0.05) is 12.0 Å². The van der Waals surface area contributed by atoms with Crippen LogP contribution < -0.4 is 10.1 Å². The molecule has 1 aliphatic rings. The van der Waals surface area contributed by atoms with Crippen LogP contribution in [-0.2, 0) is 12.8 Å². The lowest BCUT2D eigenvalue weighted by atomic mass is 9.72. The third kappa shape index (κ3) is 2.96. The predicted octanol–water partition coefficient (Wildman–Crippen LogP) is 3.56. The Bertz CT molecular complexity index is 591. The molecule has 21 heavy (non-hydrogen) atoms. The first-order chi connectivity index (χ1) is 10.3. The molecule has 3 rings (SSSR count). The summed E-state index contributed by atoms with van der Waals surface area (Å²) in [6.45, 7) is 0. The third-order valence-corrected chi connectivity index (χ3v) is 4.65. The van der Waals surface area contributed by atoms with Crippen LogP contribution in [0.4, 0.5) is 0 Å². The van der Waals surface area contributed by atoms with Crippen molar-refractivity contribution in [3.8, 4) is 5.75 Å². The van der Waals surface area contributed by atoms with Gasteiger partial charge in [0.25, 0.3) is 0 Å². The molecule has 0 saturated heterocycles. The summed E-state index contributed by atoms with van der Waals surface area (Å²) in [6, 6.07) is 17.8. The van der Waals surface area contributed by atoms with E-state index in [1.54, 1.807) is 7.11 Å². The van der Waals surface area contributed by atoms with Gasteiger partial charge in [0.15, 0.2) is 0 Å². The van der Waals surface area contributed by atoms with E-state index in [4.69, 9.17) is 4.74 Å². The standard InChI is InChI=1S/C19H23NO/c1-20-19(18-13-15-5-3-4-6-17(15)18)12-9-14-7-10-16(21-2)11-8-14/h3-8,10-11,18-20H,9,12-13H2,1-2H3. The van der Waals surface area contributed by atoms with Crippen molar-refractivity contribution in [1.29, 1.82) is 0 Å². The number of likely N-dealkylation sites (N-methyl/N-ethyl adjacent to an activating group) is 1. The zero-order valence-corrected chi connectivity index (χ0v) is 12.8. The summed E-state index contributed by atoms with van der Waals surface area (Å²) in [5, 5.41) is 3.51. The topological polar surface area (TPSA) is 21.3 Å². The molecule has 2 nitrogen and oxygen atoms in total. The Morgan fingerprint density at radius 1 is 1.14 bits per heavy atom. The van der Waals surface area contributed by atoms with E-state index in [9.17, 15) is 0 Å². The molecule has 2 heteroatoms. The lowest BCUT2D eigenvalue weighted by Crippen LogP contribution is -2.38. The number of aryl methyl sites for hydroxylation is 1. The van der Waals surface area contributed by atoms with Crippen LogP contribution in [0.25, 0.3) is 0 Å². The maximum absolute atomic E-state index is 5.21. The minimum Gasteiger partial charge on any atom is -0.497 e. The Kier molecular flexibility index (Phi) is 4.26. The fourth-order valence-electron chi connectivity index (χ4n) is 3.32. The highest BCUT2D eigenvalue weighted by Gasteiger charge is 2.31. The van der Waals surface area contributed by atoms with Crippen LogP contribution in [0.5, 0.6) is 5.75 Å². The first kappa shape index (κ1) is 14.2. The van der Waals surface area contributed by atoms with Gasteiger partial charge in [-0.15, -0.1) is 0 Å². The number of hydrogen-bond donors (Lipinski definition) is 1. The molecule has 0 amide bonds. The van der Waals surface area contributed by atoms with Crippen molar-refractivity contribution >= 4 is 0 Å². The molecule has 2 aromatic carbocycles. The number of benzene rings is 2. The van der Waals surface area contributed by atoms with Crippen LogP contribution in [-0.4, -0.2) is 20.2 Å². The smallest absolute Gasteiger partial charge is 0.118 e. The molecule has 110 valence electrons. The summed E-state index contributed by atoms with van der Waals surface area (Å²) in [7, 11) is 3.79. The van der Waals surface area contributed by atoms with E-state index in [2.05, 4.69) is 48.8 Å². The van der Waals surface area contributed by atoms with Gasteiger partial charge >= 0.3 is 0 Å². The van der Waals surface area contributed by atoms with Gasteiger partial charge in [-0.3, -0.25) is 0 Å². The summed E-state index contributed by atoms with van der Waals surface area (Å²) >= 11 is 0. The Balaban J connectivity index is 1.61. The van der Waals surface area contributed by atoms with Crippen molar-refractivity contribution in [2.45, 2.75) is 31.2 Å². The van der Waals surface area contributed by atoms with Crippen molar-refractivity contribution in [3.05, 3.63) is 65.2 Å². The van der Waals surface area contributed by atoms with E-state index < -0.39 is 0 Å². The molecule has 0 bridgehead atoms. The highest BCUT2D eigenvalue weighted by Crippen LogP contribution is 2.38. The maximum atomic E-state index is 5.21. The molecule has 0 heterocycles. The Labute approximate surface area is 127 Å². The SMILES string of the molecule is CNC(CCc1ccc(OC)cc1)C1Cc2ccccc21. The summed E-state index contributed by atoms with van der Waals surface area (Å²) in [5.41, 5.74) is 4.43. The quantitative estimate of drug-likeness (QED) is 0.874. The summed E-state index contributed by atoms with van der Waals surface area (Å²) in [6.07, 6.45) is 3.49. The molecule has 1 aliphatic carbocycles. The summed E-state index contributed by atoms with van der Waals surface area (Å²) in [5.74, 6) is 1.60. The van der Waals surface area contributed by atoms with Gasteiger partial charge in [0.05, 0.1) is 7.11 Å². The second kappa shape index (κ2) is 6.31. The molecule has 0 fully saturated rings. The van der Waals surface area contributed by atoms with Gasteiger partial charge in [-0.2, -0.15) is 0 Å². The molecule has 2 unspecified atom stereocenters. The first-order valence-electron chi connectivity index (χ1n) is 7.70. The summed E-state index contributed by atoms with van der Waals surface area (Å²) < 4.78 is 5.21. The Hall–Kier alpha value is -1.80. The average Bonchev–Trinajstić information content (AvgIpc) is 2.52. The first-order valence-corrected chi connectivity index (χ1v) is 7.70. The largest absolute Gasteiger partial charge is 0.497 e. The van der Waals surface area contributed by atoms with Crippen LogP contribution in [0.15, 0.2) is 48.5 Å². The van der Waals surface area contributed by atoms with Crippen LogP contribution >= 0.6 is 0 Å². The molecule has 0 aliphatic heterocycles. The molecule has 1 N–H and O–H groups in total. The second-order valence-corrected chi connectivity index (χ2v) is 5.79. The van der Waals surface area contributed by atoms with Crippen molar-refractivity contribution < 1.29 is 4.74 Å². The monoisotopic (exact) mass is 281 g/mol. The third-order valence-electron chi connectivity index (χ3n) is 4.65. The van der Waals surface area contributed by atoms with Crippen molar-refractivity contribution in [3.63, 3.8) is 0 Å². The fourth-order valence-corrected chi connectivity index (χ4v) is 3.32. The van der Waals surface area contributed by atoms with E-state index in [1.165, 1.54) is 29.5 Å². The number of fused-ring (bicyclic) bond motifs is 1. The average molecular weight is 281 g/mol. The lowest BCUT2D eigenvalue weighted by molar-refractivity contribution is 0.402. The van der Waals surface area contributed by atoms with Gasteiger partial charge in [-0.05, 0) is 55.1 Å². The molecule has 2 aromatic rings. The van der Waals surface area contributed by atoms with E-state index in [1.807, 2.05) is 12.1 Å². The highest BCUT2D eigenvalue weighted by atomic mass is 16.5. The van der Waals surface area contributed by atoms with Crippen molar-refractivity contribution in [2.24, 2.45) is 0 Å². The molecule has 0 radical (unpaired) electrons. The highest BCUT2D eigenvalue weighted by molar-refractivity contribution is 5.41. The lowest BCUT2D eigenvalue weighted by Gasteiger charge is -2.36. The van der Waals surface area contributed by atoms with E-state index >= 15 is 0 Å². The van der Waals surface area contributed by atoms with Gasteiger partial charge in [-0.25, -0.2) is 0 Å². The molecular formula is C19H23NO. The van der Waals surface area contributed by atoms with Gasteiger partial charge < -0.3 is 10.1 Å². The molecule has 0 aromatic heterocycles. The zero-order valence-electron chi connectivity index (χ0n) is 12.8. The number of methoxy groups -OCH3 is 1. The van der Waals surface area contributed by atoms with Crippen LogP contribution in [0.2, 0.25) is 0 Å². The normalized spacial score (nSPS) is 17.7. The summed E-state index contributed by atoms with van der Waals surface area (Å²) in [4.78, 5) is 0. The second-order valence-electron chi connectivity index (χ2n) is 5.79. The number of nitrogens with one attached hydrogen (secondary N) is 1. The maximum Gasteiger partial charge on any atom is 0.118 e. The van der Waals surface area contributed by atoms with Crippen molar-refractivity contribution in [1.82, 2.24) is 5.32 Å². The minimum atomic E-state index is 0.557. The number of ether oxygens (including phenoxy) is 1. The zero-order chi connectivity index (χ0) is 14.7. The molecule has 0 saturated carbocycles. The Morgan fingerprint density at radius 2 is 1.90 bits per heavy atom. The van der Waals surface area contributed by atoms with Gasteiger partial charge in [-0.1, -0.05) is 36.4 Å². The number of rotatable bonds is 6. The molecule has 0 spiro atoms. The molecule has 2 atom stereocenters. The van der Waals surface area contributed by atoms with E-state index in [0.29, 0.717) is 12.0 Å². The fraction of sp³-hybridized carbons (Fsp3) is 0.368. The minimum absolute atomic E-state index is 0.557. The van der Waals surface area contributed by atoms with E-state index in [-0.39, 0.29) is 0 Å². The van der Waals surface area contributed by atoms with Gasteiger partial charge in [0.2, 0.25) is 0 Å². The van der Waals surface area contributed by atoms with E-state index in [0.717, 1.165) is 12.2 Å². The van der Waals surface area contributed by atoms with Crippen molar-refractivity contribution in [2.75, 3.05) is 14.2 Å². The van der Waals surface area contributed by atoms with Crippen LogP contribution in [0.3, 0.4) is 0 Å². The molecular weight excluding hydrogens is 258 g/mol. The number of hydrogen-bond acceptors (Lipinski definition) is 2. The predicted molar refractivity (Wildman–Crippen MR) is 87.0 cm³/mol. The Morgan fingerprint density at radius 3 is 2.57 bits per heavy atom. The van der Waals surface area contributed by atoms with Gasteiger partial charge in [0.1, 0.15) is 5.75 Å². The van der Waals surface area contributed by atoms with Crippen LogP contribution in [0, 0.1) is 0 Å².